The molecule has 12 N–H and O–H groups in total. The second kappa shape index (κ2) is 47.7. The average Bonchev–Trinajstić information content (AvgIpc) is 1.65. The Bertz CT molecular complexity index is 4990. The van der Waals surface area contributed by atoms with E-state index in [4.69, 9.17) is 79.8 Å². The molecule has 0 amide bonds. The van der Waals surface area contributed by atoms with Crippen LogP contribution in [0.3, 0.4) is 0 Å². The maximum absolute atomic E-state index is 13.4. The predicted octanol–water partition coefficient (Wildman–Crippen LogP) is 9.82. The second-order valence-corrected chi connectivity index (χ2v) is 30.7. The Kier molecular flexibility index (Phi) is 35.2. The number of imidazole rings is 4. The number of Topliss-reactive ketones (excluding diaryl/α,β-unsaturated/α-hetero) is 4. The number of rotatable bonds is 60. The van der Waals surface area contributed by atoms with Crippen molar-refractivity contribution in [3.05, 3.63) is 142 Å². The van der Waals surface area contributed by atoms with E-state index in [9.17, 15) is 39.6 Å². The normalized spacial score (nSPS) is 11.8. The fourth-order valence-corrected chi connectivity index (χ4v) is 13.7. The first-order valence-electron chi connectivity index (χ1n) is 43.2. The Hall–Kier alpha value is -13.0. The molecule has 4 aromatic carbocycles. The molecule has 0 saturated carbocycles. The van der Waals surface area contributed by atoms with Gasteiger partial charge in [0.1, 0.15) is 0 Å². The van der Waals surface area contributed by atoms with Gasteiger partial charge in [-0.2, -0.15) is 59.8 Å². The summed E-state index contributed by atoms with van der Waals surface area (Å²) >= 11 is 0. The van der Waals surface area contributed by atoms with Crippen LogP contribution < -0.4 is 41.9 Å². The number of aromatic nitrogens is 16. The fraction of sp³-hybridized carbons (Fsp3) is 0.461. The van der Waals surface area contributed by atoms with Gasteiger partial charge in [0.05, 0.1) is 137 Å². The van der Waals surface area contributed by atoms with E-state index in [1.54, 1.807) is 97.1 Å². The van der Waals surface area contributed by atoms with Crippen LogP contribution in [0.4, 0.5) is 23.3 Å². The molecule has 0 spiro atoms. The molecule has 0 saturated heterocycles. The predicted molar refractivity (Wildman–Crippen MR) is 474 cm³/mol. The summed E-state index contributed by atoms with van der Waals surface area (Å²) in [7, 11) is 0. The van der Waals surface area contributed by atoms with Crippen molar-refractivity contribution in [1.82, 2.24) is 78.1 Å². The van der Waals surface area contributed by atoms with Crippen LogP contribution in [-0.4, -0.2) is 254 Å². The van der Waals surface area contributed by atoms with Crippen LogP contribution in [0.5, 0.6) is 48.1 Å². The number of nitrogens with two attached hydrogens (primary N) is 4. The molecule has 0 fully saturated rings. The van der Waals surface area contributed by atoms with E-state index in [-0.39, 0.29) is 274 Å². The van der Waals surface area contributed by atoms with E-state index in [0.29, 0.717) is 97.0 Å². The Morgan fingerprint density at radius 1 is 0.279 bits per heavy atom. The molecule has 0 aliphatic heterocycles. The summed E-state index contributed by atoms with van der Waals surface area (Å²) in [5.41, 5.74) is 31.0. The lowest BCUT2D eigenvalue weighted by Gasteiger charge is -2.33. The number of fused-ring (bicyclic) bond motifs is 4. The molecular formula is C89H112N20O20. The smallest absolute Gasteiger partial charge is 0.320 e. The van der Waals surface area contributed by atoms with Crippen LogP contribution in [-0.2, 0) is 64.1 Å². The van der Waals surface area contributed by atoms with Crippen molar-refractivity contribution in [2.75, 3.05) is 155 Å². The lowest BCUT2D eigenvalue weighted by atomic mass is 9.92. The molecule has 12 aromatic rings. The molecule has 129 heavy (non-hydrogen) atoms. The number of nitrogen functional groups attached to an aromatic ring is 4. The van der Waals surface area contributed by atoms with Gasteiger partial charge in [-0.1, -0.05) is 125 Å². The number of ketones is 4. The number of aromatic hydroxyl groups is 4. The minimum atomic E-state index is -0.929. The van der Waals surface area contributed by atoms with E-state index >= 15 is 0 Å². The maximum Gasteiger partial charge on any atom is 0.320 e. The Balaban J connectivity index is 0.639. The standard InChI is InChI=1S/C89H112N20O20/c1-5-33-126-81-98-73(90)69-77(102-81)106(85(114)94-69)49-57-17-25-61(26-18-57)65(110)13-9-37-118-41-45-122-53-89(54-123-46-42-119-38-10-14-66(111)62-27-19-58(20-28-62)50-107-78-70(95-86(107)115)74(91)99-82(103-78)127-34-6-2,55-124-47-43-120-39-11-15-67(112)63-29-21-59(22-30-63)51-108-79-71(96-87(108)116)75(92)100-83(104-79)128-35-7-3)56-125-48-44-121-40-12-16-68(113)64-31-23-60(24-32-64)52-109-80-72(97-88(109)117)76(93)101-84(105-80)129-36-8-4/h17-32H,5-16,33-56H2,1-4H3,(H,94,114)(H,95,115)(H,96,116)(H,97,117)(H2,90,98,102)(H2,91,99,103)(H2,92,100,104)(H2,93,101,105). The minimum Gasteiger partial charge on any atom is -0.480 e. The summed E-state index contributed by atoms with van der Waals surface area (Å²) in [6.07, 6.45) is 5.53. The van der Waals surface area contributed by atoms with E-state index in [2.05, 4.69) is 59.8 Å². The summed E-state index contributed by atoms with van der Waals surface area (Å²) < 4.78 is 77.9. The summed E-state index contributed by atoms with van der Waals surface area (Å²) in [6.45, 7) is 13.0. The first-order valence-corrected chi connectivity index (χ1v) is 43.2. The molecule has 0 aliphatic rings. The zero-order valence-corrected chi connectivity index (χ0v) is 73.0. The zero-order chi connectivity index (χ0) is 91.0. The highest BCUT2D eigenvalue weighted by Crippen LogP contribution is 2.32. The van der Waals surface area contributed by atoms with Crippen molar-refractivity contribution in [3.63, 3.8) is 0 Å². The van der Waals surface area contributed by atoms with Gasteiger partial charge in [0.15, 0.2) is 91.1 Å². The van der Waals surface area contributed by atoms with Crippen LogP contribution in [0.25, 0.3) is 44.7 Å². The van der Waals surface area contributed by atoms with Gasteiger partial charge in [0, 0.05) is 74.4 Å². The highest BCUT2D eigenvalue weighted by molar-refractivity contribution is 5.98. The molecular weight excluding hydrogens is 1670 g/mol. The number of carbonyl (C=O) groups is 4. The lowest BCUT2D eigenvalue weighted by Crippen LogP contribution is -2.42. The van der Waals surface area contributed by atoms with E-state index in [1.165, 1.54) is 18.3 Å². The highest BCUT2D eigenvalue weighted by atomic mass is 16.6. The third kappa shape index (κ3) is 26.6. The van der Waals surface area contributed by atoms with Gasteiger partial charge in [0.2, 0.25) is 0 Å². The highest BCUT2D eigenvalue weighted by Gasteiger charge is 2.33. The molecule has 688 valence electrons. The maximum atomic E-state index is 13.4. The molecule has 40 nitrogen and oxygen atoms in total. The van der Waals surface area contributed by atoms with Crippen molar-refractivity contribution < 1.29 is 96.4 Å². The molecule has 0 unspecified atom stereocenters. The number of hydrogen-bond donors (Lipinski definition) is 8. The quantitative estimate of drug-likeness (QED) is 0.0130. The van der Waals surface area contributed by atoms with Gasteiger partial charge in [-0.25, -0.2) is 0 Å². The summed E-state index contributed by atoms with van der Waals surface area (Å²) in [4.78, 5) is 105. The molecule has 12 rings (SSSR count). The van der Waals surface area contributed by atoms with Crippen molar-refractivity contribution in [2.24, 2.45) is 5.41 Å². The van der Waals surface area contributed by atoms with Crippen molar-refractivity contribution in [1.29, 1.82) is 0 Å². The summed E-state index contributed by atoms with van der Waals surface area (Å²) in [5.74, 6) is -0.0112. The lowest BCUT2D eigenvalue weighted by molar-refractivity contribution is -0.121. The monoisotopic (exact) mass is 1780 g/mol. The summed E-state index contributed by atoms with van der Waals surface area (Å²) in [5, 5.41) is 43.0. The Morgan fingerprint density at radius 3 is 0.682 bits per heavy atom. The third-order valence-corrected chi connectivity index (χ3v) is 20.4. The van der Waals surface area contributed by atoms with E-state index in [1.807, 2.05) is 27.7 Å². The molecule has 8 aromatic heterocycles. The molecule has 0 bridgehead atoms. The van der Waals surface area contributed by atoms with Gasteiger partial charge in [-0.3, -0.25) is 37.4 Å². The first kappa shape index (κ1) is 95.2. The van der Waals surface area contributed by atoms with Crippen LogP contribution >= 0.6 is 0 Å². The van der Waals surface area contributed by atoms with Crippen LogP contribution in [0, 0.1) is 5.41 Å². The number of ether oxygens (including phenoxy) is 12. The first-order chi connectivity index (χ1) is 62.7. The fourth-order valence-electron chi connectivity index (χ4n) is 13.7. The summed E-state index contributed by atoms with van der Waals surface area (Å²) in [6, 6.07) is 27.4. The van der Waals surface area contributed by atoms with Gasteiger partial charge in [0.25, 0.3) is 24.0 Å². The largest absolute Gasteiger partial charge is 0.480 e. The van der Waals surface area contributed by atoms with Crippen LogP contribution in [0.2, 0.25) is 0 Å². The van der Waals surface area contributed by atoms with Gasteiger partial charge in [-0.15, -0.1) is 0 Å². The minimum absolute atomic E-state index is 0.0758. The number of benzene rings is 4. The number of nitrogens with zero attached hydrogens (tertiary/aromatic N) is 16. The second-order valence-electron chi connectivity index (χ2n) is 30.7. The molecule has 0 radical (unpaired) electrons. The Morgan fingerprint density at radius 2 is 0.481 bits per heavy atom. The van der Waals surface area contributed by atoms with E-state index < -0.39 is 5.41 Å². The third-order valence-electron chi connectivity index (χ3n) is 20.4. The molecule has 0 atom stereocenters. The Labute approximate surface area is 743 Å². The SMILES string of the molecule is CCCOc1nc(N)c2nc(O)n(Cc3ccc(C(=O)CCCOCCOCC(COCCOCCCC(=O)c4ccc(Cn5c(O)nc6c(N)nc(OCCC)nc65)cc4)(COCCOCCCC(=O)c4ccc(Cn5c(O)nc6c(N)nc(OCCC)nc65)cc4)COCCOCCCC(=O)c4ccc(Cn5c(O)nc6c(N)nc(OCCC)nc65)cc4)cc3)c2n1. The van der Waals surface area contributed by atoms with Crippen molar-refractivity contribution >= 4 is 91.1 Å². The molecule has 40 heteroatoms. The average molecular weight is 1780 g/mol. The van der Waals surface area contributed by atoms with Crippen LogP contribution in [0.15, 0.2) is 97.1 Å². The van der Waals surface area contributed by atoms with Crippen LogP contribution in [0.1, 0.15) is 168 Å². The van der Waals surface area contributed by atoms with Gasteiger partial charge in [-0.05, 0) is 73.6 Å². The van der Waals surface area contributed by atoms with Crippen molar-refractivity contribution in [2.45, 2.75) is 131 Å². The topological polar surface area (TPSA) is 538 Å². The van der Waals surface area contributed by atoms with E-state index in [0.717, 1.165) is 47.9 Å². The number of carbonyl (C=O) groups excluding carboxylic acids is 4. The van der Waals surface area contributed by atoms with Crippen molar-refractivity contribution in [3.8, 4) is 48.1 Å². The molecule has 8 heterocycles. The molecule has 0 aliphatic carbocycles. The number of hydrogen-bond acceptors (Lipinski definition) is 36. The number of anilines is 4. The van der Waals surface area contributed by atoms with Gasteiger partial charge < -0.3 is 100 Å². The zero-order valence-electron chi connectivity index (χ0n) is 73.0. The van der Waals surface area contributed by atoms with Gasteiger partial charge >= 0.3 is 24.0 Å².